The maximum atomic E-state index is 5.03. The van der Waals surface area contributed by atoms with Gasteiger partial charge in [0.2, 0.25) is 6.20 Å². The third-order valence-electron chi connectivity index (χ3n) is 2.62. The summed E-state index contributed by atoms with van der Waals surface area (Å²) < 4.78 is 7.16. The number of hydrogen-bond acceptors (Lipinski definition) is 1. The summed E-state index contributed by atoms with van der Waals surface area (Å²) in [6, 6.07) is 0. The van der Waals surface area contributed by atoms with Crippen molar-refractivity contribution >= 4 is 0 Å². The highest BCUT2D eigenvalue weighted by Crippen LogP contribution is 2.16. The van der Waals surface area contributed by atoms with E-state index in [4.69, 9.17) is 4.42 Å². The van der Waals surface area contributed by atoms with Gasteiger partial charge in [-0.15, -0.1) is 0 Å². The van der Waals surface area contributed by atoms with Gasteiger partial charge in [0, 0.05) is 19.8 Å². The lowest BCUT2D eigenvalue weighted by atomic mass is 9.95. The summed E-state index contributed by atoms with van der Waals surface area (Å²) in [5.41, 5.74) is 0.229. The van der Waals surface area contributed by atoms with Gasteiger partial charge in [0.15, 0.2) is 11.8 Å². The van der Waals surface area contributed by atoms with Gasteiger partial charge in [0.05, 0.1) is 0 Å². The molecule has 1 rings (SSSR count). The van der Waals surface area contributed by atoms with E-state index in [0.29, 0.717) is 0 Å². The van der Waals surface area contributed by atoms with E-state index in [1.54, 1.807) is 12.7 Å². The fourth-order valence-electron chi connectivity index (χ4n) is 1.16. The molecule has 0 amide bonds. The number of nitrogens with zero attached hydrogens (tertiary/aromatic N) is 1. The normalized spacial score (nSPS) is 11.9. The smallest absolute Gasteiger partial charge is 0.334 e. The van der Waals surface area contributed by atoms with E-state index in [-0.39, 0.29) is 5.54 Å². The number of rotatable bonds is 3. The van der Waals surface area contributed by atoms with Gasteiger partial charge in [-0.1, -0.05) is 13.8 Å². The van der Waals surface area contributed by atoms with Crippen LogP contribution in [0.3, 0.4) is 0 Å². The van der Waals surface area contributed by atoms with E-state index in [9.17, 15) is 0 Å². The Morgan fingerprint density at radius 2 is 2.00 bits per heavy atom. The molecule has 1 heterocycles. The average Bonchev–Trinajstić information content (AvgIpc) is 2.55. The van der Waals surface area contributed by atoms with Crippen LogP contribution in [0, 0.1) is 0 Å². The summed E-state index contributed by atoms with van der Waals surface area (Å²) in [5.74, 6) is 0. The van der Waals surface area contributed by atoms with Gasteiger partial charge in [0.25, 0.3) is 0 Å². The van der Waals surface area contributed by atoms with E-state index < -0.39 is 0 Å². The summed E-state index contributed by atoms with van der Waals surface area (Å²) in [7, 11) is 0. The Morgan fingerprint density at radius 3 is 2.36 bits per heavy atom. The molecule has 0 N–H and O–H groups in total. The molecule has 62 valence electrons. The quantitative estimate of drug-likeness (QED) is 0.609. The number of hydrogen-bond donors (Lipinski definition) is 0. The van der Waals surface area contributed by atoms with E-state index in [2.05, 4.69) is 25.3 Å². The topological polar surface area (TPSA) is 17.0 Å². The van der Waals surface area contributed by atoms with Crippen molar-refractivity contribution in [1.82, 2.24) is 0 Å². The Balaban J connectivity index is 2.87. The minimum Gasteiger partial charge on any atom is -0.412 e. The second-order valence-electron chi connectivity index (χ2n) is 3.14. The van der Waals surface area contributed by atoms with Crippen LogP contribution in [0.5, 0.6) is 0 Å². The largest absolute Gasteiger partial charge is 0.412 e. The summed E-state index contributed by atoms with van der Waals surface area (Å²) in [6.07, 6.45) is 7.73. The van der Waals surface area contributed by atoms with Gasteiger partial charge < -0.3 is 4.42 Å². The maximum Gasteiger partial charge on any atom is 0.334 e. The zero-order valence-corrected chi connectivity index (χ0v) is 7.50. The molecule has 1 aromatic heterocycles. The molecule has 2 nitrogen and oxygen atoms in total. The van der Waals surface area contributed by atoms with Crippen molar-refractivity contribution in [2.45, 2.75) is 39.2 Å². The SMILES string of the molecule is CCC(C)(CC)[n+]1ccoc1. The first kappa shape index (κ1) is 8.31. The molecule has 11 heavy (non-hydrogen) atoms. The van der Waals surface area contributed by atoms with Gasteiger partial charge in [-0.25, -0.2) is 0 Å². The molecule has 0 unspecified atom stereocenters. The summed E-state index contributed by atoms with van der Waals surface area (Å²) in [4.78, 5) is 0. The summed E-state index contributed by atoms with van der Waals surface area (Å²) >= 11 is 0. The second-order valence-corrected chi connectivity index (χ2v) is 3.14. The number of oxazole rings is 1. The molecule has 0 saturated heterocycles. The van der Waals surface area contributed by atoms with Gasteiger partial charge >= 0.3 is 6.39 Å². The van der Waals surface area contributed by atoms with Crippen LogP contribution in [0.1, 0.15) is 33.6 Å². The lowest BCUT2D eigenvalue weighted by molar-refractivity contribution is -0.764. The van der Waals surface area contributed by atoms with Crippen LogP contribution < -0.4 is 4.57 Å². The van der Waals surface area contributed by atoms with Crippen LogP contribution in [0.25, 0.3) is 0 Å². The Morgan fingerprint density at radius 1 is 1.36 bits per heavy atom. The molecule has 0 fully saturated rings. The van der Waals surface area contributed by atoms with Crippen molar-refractivity contribution in [3.63, 3.8) is 0 Å². The second kappa shape index (κ2) is 3.07. The third-order valence-corrected chi connectivity index (χ3v) is 2.62. The molecule has 0 aliphatic carbocycles. The monoisotopic (exact) mass is 154 g/mol. The van der Waals surface area contributed by atoms with E-state index in [1.165, 1.54) is 0 Å². The summed E-state index contributed by atoms with van der Waals surface area (Å²) in [5, 5.41) is 0. The fourth-order valence-corrected chi connectivity index (χ4v) is 1.16. The van der Waals surface area contributed by atoms with E-state index in [1.807, 2.05) is 6.20 Å². The molecule has 0 aliphatic rings. The van der Waals surface area contributed by atoms with Crippen molar-refractivity contribution in [2.75, 3.05) is 0 Å². The van der Waals surface area contributed by atoms with Crippen LogP contribution in [0.2, 0.25) is 0 Å². The Bertz CT molecular complexity index is 199. The fraction of sp³-hybridized carbons (Fsp3) is 0.667. The maximum absolute atomic E-state index is 5.03. The van der Waals surface area contributed by atoms with E-state index >= 15 is 0 Å². The molecule has 0 radical (unpaired) electrons. The highest BCUT2D eigenvalue weighted by molar-refractivity contribution is 4.63. The van der Waals surface area contributed by atoms with Crippen LogP contribution in [0.4, 0.5) is 0 Å². The van der Waals surface area contributed by atoms with Crippen molar-refractivity contribution in [2.24, 2.45) is 0 Å². The highest BCUT2D eigenvalue weighted by Gasteiger charge is 2.30. The van der Waals surface area contributed by atoms with Gasteiger partial charge in [0.1, 0.15) is 0 Å². The molecular weight excluding hydrogens is 138 g/mol. The van der Waals surface area contributed by atoms with Crippen molar-refractivity contribution in [3.05, 3.63) is 18.9 Å². The molecule has 0 aliphatic heterocycles. The zero-order chi connectivity index (χ0) is 8.32. The lowest BCUT2D eigenvalue weighted by Gasteiger charge is -2.17. The molecule has 0 spiro atoms. The van der Waals surface area contributed by atoms with E-state index in [0.717, 1.165) is 12.8 Å². The van der Waals surface area contributed by atoms with Crippen LogP contribution >= 0.6 is 0 Å². The Hall–Kier alpha value is -0.790. The first-order valence-electron chi connectivity index (χ1n) is 4.17. The first-order chi connectivity index (χ1) is 5.23. The van der Waals surface area contributed by atoms with Crippen molar-refractivity contribution in [1.29, 1.82) is 0 Å². The summed E-state index contributed by atoms with van der Waals surface area (Å²) in [6.45, 7) is 6.63. The van der Waals surface area contributed by atoms with Crippen LogP contribution in [-0.2, 0) is 5.54 Å². The average molecular weight is 154 g/mol. The lowest BCUT2D eigenvalue weighted by Crippen LogP contribution is -2.51. The third kappa shape index (κ3) is 1.44. The van der Waals surface area contributed by atoms with Crippen LogP contribution in [0.15, 0.2) is 23.3 Å². The zero-order valence-electron chi connectivity index (χ0n) is 7.50. The number of aromatic nitrogens is 1. The molecular formula is C9H16NO+. The van der Waals surface area contributed by atoms with Crippen molar-refractivity contribution in [3.8, 4) is 0 Å². The molecule has 1 aromatic rings. The van der Waals surface area contributed by atoms with Gasteiger partial charge in [-0.05, 0) is 0 Å². The predicted molar refractivity (Wildman–Crippen MR) is 43.1 cm³/mol. The minimum absolute atomic E-state index is 0.229. The highest BCUT2D eigenvalue weighted by atomic mass is 16.3. The minimum atomic E-state index is 0.229. The molecule has 2 heteroatoms. The Labute approximate surface area is 67.8 Å². The predicted octanol–water partition coefficient (Wildman–Crippen LogP) is 2.10. The Kier molecular flexibility index (Phi) is 2.32. The van der Waals surface area contributed by atoms with Gasteiger partial charge in [-0.3, -0.25) is 0 Å². The van der Waals surface area contributed by atoms with Crippen LogP contribution in [-0.4, -0.2) is 0 Å². The first-order valence-corrected chi connectivity index (χ1v) is 4.17. The molecule has 0 bridgehead atoms. The molecule has 0 aromatic carbocycles. The van der Waals surface area contributed by atoms with Gasteiger partial charge in [-0.2, -0.15) is 4.57 Å². The molecule has 0 saturated carbocycles. The standard InChI is InChI=1S/C9H16NO/c1-4-9(3,5-2)10-6-7-11-8-10/h6-8H,4-5H2,1-3H3/q+1. The molecule has 0 atom stereocenters. The van der Waals surface area contributed by atoms with Crippen molar-refractivity contribution < 1.29 is 8.98 Å².